The Kier molecular flexibility index (Phi) is 5.92. The van der Waals surface area contributed by atoms with Gasteiger partial charge in [0.2, 0.25) is 0 Å². The molecule has 2 aliphatic rings. The number of rotatable bonds is 5. The number of carbonyl (C=O) groups is 1. The van der Waals surface area contributed by atoms with E-state index >= 15 is 0 Å². The van der Waals surface area contributed by atoms with Crippen molar-refractivity contribution in [3.63, 3.8) is 0 Å². The lowest BCUT2D eigenvalue weighted by Crippen LogP contribution is -2.47. The number of urea groups is 1. The van der Waals surface area contributed by atoms with Crippen LogP contribution in [0.3, 0.4) is 0 Å². The SMILES string of the molecule is COCCN1CC[C@H](NC(=O)NC2CCCCC2)C1. The van der Waals surface area contributed by atoms with Crippen LogP contribution in [0.1, 0.15) is 38.5 Å². The van der Waals surface area contributed by atoms with Crippen molar-refractivity contribution in [3.05, 3.63) is 0 Å². The molecule has 2 fully saturated rings. The van der Waals surface area contributed by atoms with Crippen LogP contribution in [0.25, 0.3) is 0 Å². The molecule has 5 nitrogen and oxygen atoms in total. The molecule has 0 spiro atoms. The average Bonchev–Trinajstić information content (AvgIpc) is 2.85. The van der Waals surface area contributed by atoms with Crippen LogP contribution in [0.15, 0.2) is 0 Å². The maximum Gasteiger partial charge on any atom is 0.315 e. The molecule has 1 heterocycles. The van der Waals surface area contributed by atoms with Crippen LogP contribution in [0, 0.1) is 0 Å². The van der Waals surface area contributed by atoms with Gasteiger partial charge in [0.15, 0.2) is 0 Å². The second kappa shape index (κ2) is 7.70. The highest BCUT2D eigenvalue weighted by Crippen LogP contribution is 2.17. The van der Waals surface area contributed by atoms with Crippen molar-refractivity contribution in [2.75, 3.05) is 33.4 Å². The third-order valence-corrected chi connectivity index (χ3v) is 4.16. The minimum atomic E-state index is 0.0190. The fourth-order valence-corrected chi connectivity index (χ4v) is 3.03. The van der Waals surface area contributed by atoms with E-state index in [2.05, 4.69) is 15.5 Å². The monoisotopic (exact) mass is 269 g/mol. The smallest absolute Gasteiger partial charge is 0.315 e. The Morgan fingerprint density at radius 2 is 1.89 bits per heavy atom. The highest BCUT2D eigenvalue weighted by atomic mass is 16.5. The van der Waals surface area contributed by atoms with E-state index in [4.69, 9.17) is 4.74 Å². The fourth-order valence-electron chi connectivity index (χ4n) is 3.03. The highest BCUT2D eigenvalue weighted by molar-refractivity contribution is 5.74. The Hall–Kier alpha value is -0.810. The Labute approximate surface area is 116 Å². The maximum atomic E-state index is 11.9. The predicted molar refractivity (Wildman–Crippen MR) is 75.3 cm³/mol. The van der Waals surface area contributed by atoms with Gasteiger partial charge in [0.1, 0.15) is 0 Å². The lowest BCUT2D eigenvalue weighted by molar-refractivity contribution is 0.159. The molecular formula is C14H27N3O2. The quantitative estimate of drug-likeness (QED) is 0.792. The Balaban J connectivity index is 1.62. The lowest BCUT2D eigenvalue weighted by atomic mass is 9.96. The molecular weight excluding hydrogens is 242 g/mol. The summed E-state index contributed by atoms with van der Waals surface area (Å²) in [5, 5.41) is 6.21. The molecule has 19 heavy (non-hydrogen) atoms. The van der Waals surface area contributed by atoms with Crippen molar-refractivity contribution in [1.29, 1.82) is 0 Å². The maximum absolute atomic E-state index is 11.9. The largest absolute Gasteiger partial charge is 0.383 e. The van der Waals surface area contributed by atoms with Crippen LogP contribution in [0.5, 0.6) is 0 Å². The molecule has 2 N–H and O–H groups in total. The molecule has 0 bridgehead atoms. The summed E-state index contributed by atoms with van der Waals surface area (Å²) in [4.78, 5) is 14.3. The first kappa shape index (κ1) is 14.6. The van der Waals surface area contributed by atoms with Gasteiger partial charge in [0.05, 0.1) is 6.61 Å². The zero-order valence-electron chi connectivity index (χ0n) is 12.0. The number of methoxy groups -OCH3 is 1. The standard InChI is InChI=1S/C14H27N3O2/c1-19-10-9-17-8-7-13(11-17)16-14(18)15-12-5-3-2-4-6-12/h12-13H,2-11H2,1H3,(H2,15,16,18)/t13-/m0/s1. The summed E-state index contributed by atoms with van der Waals surface area (Å²) in [5.41, 5.74) is 0. The lowest BCUT2D eigenvalue weighted by Gasteiger charge is -2.24. The van der Waals surface area contributed by atoms with E-state index < -0.39 is 0 Å². The van der Waals surface area contributed by atoms with Crippen molar-refractivity contribution in [2.45, 2.75) is 50.6 Å². The van der Waals surface area contributed by atoms with Gasteiger partial charge >= 0.3 is 6.03 Å². The predicted octanol–water partition coefficient (Wildman–Crippen LogP) is 1.34. The number of hydrogen-bond donors (Lipinski definition) is 2. The van der Waals surface area contributed by atoms with E-state index in [1.807, 2.05) is 0 Å². The van der Waals surface area contributed by atoms with Gasteiger partial charge < -0.3 is 15.4 Å². The molecule has 1 aliphatic heterocycles. The minimum absolute atomic E-state index is 0.0190. The second-order valence-electron chi connectivity index (χ2n) is 5.73. The zero-order valence-corrected chi connectivity index (χ0v) is 12.0. The first-order valence-corrected chi connectivity index (χ1v) is 7.56. The second-order valence-corrected chi connectivity index (χ2v) is 5.73. The molecule has 110 valence electrons. The molecule has 2 amide bonds. The first-order valence-electron chi connectivity index (χ1n) is 7.56. The Morgan fingerprint density at radius 3 is 2.63 bits per heavy atom. The summed E-state index contributed by atoms with van der Waals surface area (Å²) in [6, 6.07) is 0.700. The third-order valence-electron chi connectivity index (χ3n) is 4.16. The van der Waals surface area contributed by atoms with E-state index in [0.29, 0.717) is 12.1 Å². The van der Waals surface area contributed by atoms with Crippen LogP contribution in [-0.4, -0.2) is 56.4 Å². The normalized spacial score (nSPS) is 25.4. The van der Waals surface area contributed by atoms with Crippen molar-refractivity contribution >= 4 is 6.03 Å². The molecule has 0 aromatic heterocycles. The van der Waals surface area contributed by atoms with E-state index in [1.54, 1.807) is 7.11 Å². The van der Waals surface area contributed by atoms with E-state index in [0.717, 1.165) is 45.5 Å². The Bertz CT molecular complexity index is 280. The molecule has 1 atom stereocenters. The van der Waals surface area contributed by atoms with Gasteiger partial charge in [-0.1, -0.05) is 19.3 Å². The van der Waals surface area contributed by atoms with E-state index in [-0.39, 0.29) is 6.03 Å². The number of nitrogens with one attached hydrogen (secondary N) is 2. The van der Waals surface area contributed by atoms with Crippen LogP contribution in [0.2, 0.25) is 0 Å². The summed E-state index contributed by atoms with van der Waals surface area (Å²) < 4.78 is 5.08. The molecule has 0 aromatic carbocycles. The Morgan fingerprint density at radius 1 is 1.16 bits per heavy atom. The molecule has 0 aromatic rings. The van der Waals surface area contributed by atoms with E-state index in [1.165, 1.54) is 19.3 Å². The molecule has 2 rings (SSSR count). The van der Waals surface area contributed by atoms with Gasteiger partial charge in [-0.25, -0.2) is 4.79 Å². The summed E-state index contributed by atoms with van der Waals surface area (Å²) in [6.07, 6.45) is 7.13. The number of amides is 2. The van der Waals surface area contributed by atoms with E-state index in [9.17, 15) is 4.79 Å². The molecule has 1 aliphatic carbocycles. The fraction of sp³-hybridized carbons (Fsp3) is 0.929. The van der Waals surface area contributed by atoms with Crippen molar-refractivity contribution in [3.8, 4) is 0 Å². The summed E-state index contributed by atoms with van der Waals surface area (Å²) >= 11 is 0. The van der Waals surface area contributed by atoms with Gasteiger partial charge in [-0.2, -0.15) is 0 Å². The first-order chi connectivity index (χ1) is 9.28. The summed E-state index contributed by atoms with van der Waals surface area (Å²) in [7, 11) is 1.73. The molecule has 1 saturated heterocycles. The van der Waals surface area contributed by atoms with Crippen LogP contribution < -0.4 is 10.6 Å². The van der Waals surface area contributed by atoms with Crippen LogP contribution in [0.4, 0.5) is 4.79 Å². The van der Waals surface area contributed by atoms with Gasteiger partial charge in [0, 0.05) is 38.8 Å². The van der Waals surface area contributed by atoms with Crippen molar-refractivity contribution < 1.29 is 9.53 Å². The topological polar surface area (TPSA) is 53.6 Å². The number of likely N-dealkylation sites (tertiary alicyclic amines) is 1. The zero-order chi connectivity index (χ0) is 13.5. The van der Waals surface area contributed by atoms with Gasteiger partial charge in [-0.15, -0.1) is 0 Å². The van der Waals surface area contributed by atoms with Crippen LogP contribution in [-0.2, 0) is 4.74 Å². The highest BCUT2D eigenvalue weighted by Gasteiger charge is 2.24. The van der Waals surface area contributed by atoms with Gasteiger partial charge in [0.25, 0.3) is 0 Å². The summed E-state index contributed by atoms with van der Waals surface area (Å²) in [5.74, 6) is 0. The average molecular weight is 269 g/mol. The summed E-state index contributed by atoms with van der Waals surface area (Å²) in [6.45, 7) is 3.72. The minimum Gasteiger partial charge on any atom is -0.383 e. The molecule has 5 heteroatoms. The molecule has 0 radical (unpaired) electrons. The molecule has 1 saturated carbocycles. The van der Waals surface area contributed by atoms with Gasteiger partial charge in [-0.05, 0) is 19.3 Å². The van der Waals surface area contributed by atoms with Gasteiger partial charge in [-0.3, -0.25) is 4.90 Å². The third kappa shape index (κ3) is 4.99. The number of carbonyl (C=O) groups excluding carboxylic acids is 1. The molecule has 0 unspecified atom stereocenters. The van der Waals surface area contributed by atoms with Crippen LogP contribution >= 0.6 is 0 Å². The van der Waals surface area contributed by atoms with Crippen molar-refractivity contribution in [1.82, 2.24) is 15.5 Å². The number of hydrogen-bond acceptors (Lipinski definition) is 3. The van der Waals surface area contributed by atoms with Crippen molar-refractivity contribution in [2.24, 2.45) is 0 Å². The number of nitrogens with zero attached hydrogens (tertiary/aromatic N) is 1. The number of ether oxygens (including phenoxy) is 1.